The molecule has 0 aliphatic carbocycles. The van der Waals surface area contributed by atoms with Crippen LogP contribution in [0.2, 0.25) is 0 Å². The van der Waals surface area contributed by atoms with Crippen molar-refractivity contribution in [3.05, 3.63) is 35.4 Å². The molecular weight excluding hydrogens is 240 g/mol. The number of morpholine rings is 1. The standard InChI is InChI=1S/C15H22N2O2/c1-11-9-17(10-12(2)19-11)15(18)14-5-3-4-13(8-14)6-7-16/h3-5,8,11-12H,6-7,9-10,16H2,1-2H3/t11-,12+. The van der Waals surface area contributed by atoms with E-state index in [9.17, 15) is 4.79 Å². The topological polar surface area (TPSA) is 55.6 Å². The maximum atomic E-state index is 12.5. The van der Waals surface area contributed by atoms with Crippen LogP contribution in [0.5, 0.6) is 0 Å². The van der Waals surface area contributed by atoms with Gasteiger partial charge in [0, 0.05) is 18.7 Å². The number of carbonyl (C=O) groups is 1. The van der Waals surface area contributed by atoms with Gasteiger partial charge < -0.3 is 15.4 Å². The van der Waals surface area contributed by atoms with Crippen LogP contribution in [-0.2, 0) is 11.2 Å². The molecular formula is C15H22N2O2. The molecule has 1 saturated heterocycles. The number of hydrogen-bond acceptors (Lipinski definition) is 3. The van der Waals surface area contributed by atoms with Crippen molar-refractivity contribution in [1.82, 2.24) is 4.90 Å². The lowest BCUT2D eigenvalue weighted by molar-refractivity contribution is -0.0586. The molecule has 0 aromatic heterocycles. The summed E-state index contributed by atoms with van der Waals surface area (Å²) in [4.78, 5) is 14.4. The quantitative estimate of drug-likeness (QED) is 0.896. The predicted molar refractivity (Wildman–Crippen MR) is 75.1 cm³/mol. The molecule has 0 bridgehead atoms. The van der Waals surface area contributed by atoms with E-state index in [0.29, 0.717) is 19.6 Å². The number of nitrogens with zero attached hydrogens (tertiary/aromatic N) is 1. The number of rotatable bonds is 3. The summed E-state index contributed by atoms with van der Waals surface area (Å²) in [6.45, 7) is 5.92. The minimum atomic E-state index is 0.0841. The molecule has 2 rings (SSSR count). The Labute approximate surface area is 114 Å². The smallest absolute Gasteiger partial charge is 0.254 e. The monoisotopic (exact) mass is 262 g/mol. The highest BCUT2D eigenvalue weighted by Gasteiger charge is 2.26. The van der Waals surface area contributed by atoms with E-state index in [1.165, 1.54) is 0 Å². The SMILES string of the molecule is C[C@@H]1CN(C(=O)c2cccc(CCN)c2)C[C@H](C)O1. The summed E-state index contributed by atoms with van der Waals surface area (Å²) in [6, 6.07) is 7.74. The molecule has 2 atom stereocenters. The van der Waals surface area contributed by atoms with E-state index in [1.54, 1.807) is 0 Å². The molecule has 1 amide bonds. The van der Waals surface area contributed by atoms with Gasteiger partial charge in [-0.25, -0.2) is 0 Å². The van der Waals surface area contributed by atoms with Crippen molar-refractivity contribution in [3.63, 3.8) is 0 Å². The van der Waals surface area contributed by atoms with Crippen LogP contribution in [0.1, 0.15) is 29.8 Å². The Morgan fingerprint density at radius 2 is 2.05 bits per heavy atom. The fraction of sp³-hybridized carbons (Fsp3) is 0.533. The zero-order valence-corrected chi connectivity index (χ0v) is 11.6. The highest BCUT2D eigenvalue weighted by molar-refractivity contribution is 5.94. The third-order valence-corrected chi connectivity index (χ3v) is 3.31. The molecule has 1 aliphatic heterocycles. The lowest BCUT2D eigenvalue weighted by Gasteiger charge is -2.35. The molecule has 4 nitrogen and oxygen atoms in total. The molecule has 0 radical (unpaired) electrons. The van der Waals surface area contributed by atoms with Gasteiger partial charge in [-0.3, -0.25) is 4.79 Å². The highest BCUT2D eigenvalue weighted by Crippen LogP contribution is 2.15. The van der Waals surface area contributed by atoms with Gasteiger partial charge in [-0.2, -0.15) is 0 Å². The molecule has 1 fully saturated rings. The summed E-state index contributed by atoms with van der Waals surface area (Å²) in [5, 5.41) is 0. The van der Waals surface area contributed by atoms with Crippen LogP contribution in [0, 0.1) is 0 Å². The molecule has 0 spiro atoms. The van der Waals surface area contributed by atoms with Crippen LogP contribution < -0.4 is 5.73 Å². The van der Waals surface area contributed by atoms with Crippen molar-refractivity contribution in [2.24, 2.45) is 5.73 Å². The van der Waals surface area contributed by atoms with Gasteiger partial charge in [-0.1, -0.05) is 12.1 Å². The minimum Gasteiger partial charge on any atom is -0.372 e. The van der Waals surface area contributed by atoms with Crippen molar-refractivity contribution >= 4 is 5.91 Å². The van der Waals surface area contributed by atoms with E-state index in [2.05, 4.69) is 0 Å². The van der Waals surface area contributed by atoms with E-state index in [1.807, 2.05) is 43.0 Å². The first-order valence-corrected chi connectivity index (χ1v) is 6.84. The normalized spacial score (nSPS) is 23.4. The van der Waals surface area contributed by atoms with E-state index in [-0.39, 0.29) is 18.1 Å². The number of hydrogen-bond donors (Lipinski definition) is 1. The molecule has 2 N–H and O–H groups in total. The Morgan fingerprint density at radius 3 is 2.68 bits per heavy atom. The van der Waals surface area contributed by atoms with Crippen LogP contribution in [0.15, 0.2) is 24.3 Å². The maximum absolute atomic E-state index is 12.5. The Hall–Kier alpha value is -1.39. The van der Waals surface area contributed by atoms with Gasteiger partial charge in [-0.05, 0) is 44.5 Å². The summed E-state index contributed by atoms with van der Waals surface area (Å²) in [5.74, 6) is 0.0841. The largest absolute Gasteiger partial charge is 0.372 e. The van der Waals surface area contributed by atoms with Gasteiger partial charge in [-0.15, -0.1) is 0 Å². The van der Waals surface area contributed by atoms with Gasteiger partial charge in [0.1, 0.15) is 0 Å². The summed E-state index contributed by atoms with van der Waals surface area (Å²) in [7, 11) is 0. The van der Waals surface area contributed by atoms with E-state index in [4.69, 9.17) is 10.5 Å². The molecule has 1 aromatic rings. The van der Waals surface area contributed by atoms with Gasteiger partial charge in [0.15, 0.2) is 0 Å². The van der Waals surface area contributed by atoms with E-state index >= 15 is 0 Å². The second kappa shape index (κ2) is 6.17. The molecule has 104 valence electrons. The maximum Gasteiger partial charge on any atom is 0.254 e. The second-order valence-corrected chi connectivity index (χ2v) is 5.21. The zero-order chi connectivity index (χ0) is 13.8. The predicted octanol–water partition coefficient (Wildman–Crippen LogP) is 1.44. The number of carbonyl (C=O) groups excluding carboxylic acids is 1. The number of ether oxygens (including phenoxy) is 1. The molecule has 0 unspecified atom stereocenters. The van der Waals surface area contributed by atoms with Crippen LogP contribution in [0.25, 0.3) is 0 Å². The summed E-state index contributed by atoms with van der Waals surface area (Å²) < 4.78 is 5.65. The van der Waals surface area contributed by atoms with Crippen molar-refractivity contribution in [1.29, 1.82) is 0 Å². The fourth-order valence-corrected chi connectivity index (χ4v) is 2.55. The summed E-state index contributed by atoms with van der Waals surface area (Å²) >= 11 is 0. The van der Waals surface area contributed by atoms with Crippen molar-refractivity contribution in [3.8, 4) is 0 Å². The first kappa shape index (κ1) is 14.0. The Bertz CT molecular complexity index is 438. The van der Waals surface area contributed by atoms with Gasteiger partial charge >= 0.3 is 0 Å². The van der Waals surface area contributed by atoms with Crippen molar-refractivity contribution < 1.29 is 9.53 Å². The average Bonchev–Trinajstić information content (AvgIpc) is 2.37. The average molecular weight is 262 g/mol. The van der Waals surface area contributed by atoms with Crippen LogP contribution in [-0.4, -0.2) is 42.6 Å². The van der Waals surface area contributed by atoms with Crippen molar-refractivity contribution in [2.75, 3.05) is 19.6 Å². The molecule has 0 saturated carbocycles. The van der Waals surface area contributed by atoms with Gasteiger partial charge in [0.05, 0.1) is 12.2 Å². The molecule has 1 heterocycles. The first-order chi connectivity index (χ1) is 9.10. The lowest BCUT2D eigenvalue weighted by Crippen LogP contribution is -2.48. The Balaban J connectivity index is 2.12. The summed E-state index contributed by atoms with van der Waals surface area (Å²) in [5.41, 5.74) is 7.41. The van der Waals surface area contributed by atoms with E-state index < -0.39 is 0 Å². The molecule has 19 heavy (non-hydrogen) atoms. The number of nitrogens with two attached hydrogens (primary N) is 1. The van der Waals surface area contributed by atoms with E-state index in [0.717, 1.165) is 17.5 Å². The molecule has 4 heteroatoms. The van der Waals surface area contributed by atoms with Crippen LogP contribution in [0.4, 0.5) is 0 Å². The lowest BCUT2D eigenvalue weighted by atomic mass is 10.1. The minimum absolute atomic E-state index is 0.0841. The Morgan fingerprint density at radius 1 is 1.37 bits per heavy atom. The third kappa shape index (κ3) is 3.55. The third-order valence-electron chi connectivity index (χ3n) is 3.31. The molecule has 1 aliphatic rings. The zero-order valence-electron chi connectivity index (χ0n) is 11.6. The molecule has 1 aromatic carbocycles. The van der Waals surface area contributed by atoms with Crippen molar-refractivity contribution in [2.45, 2.75) is 32.5 Å². The van der Waals surface area contributed by atoms with Crippen LogP contribution in [0.3, 0.4) is 0 Å². The van der Waals surface area contributed by atoms with Gasteiger partial charge in [0.25, 0.3) is 5.91 Å². The fourth-order valence-electron chi connectivity index (χ4n) is 2.55. The summed E-state index contributed by atoms with van der Waals surface area (Å²) in [6.07, 6.45) is 0.997. The first-order valence-electron chi connectivity index (χ1n) is 6.84. The second-order valence-electron chi connectivity index (χ2n) is 5.21. The Kier molecular flexibility index (Phi) is 4.56. The van der Waals surface area contributed by atoms with Gasteiger partial charge in [0.2, 0.25) is 0 Å². The van der Waals surface area contributed by atoms with Crippen LogP contribution >= 0.6 is 0 Å². The highest BCUT2D eigenvalue weighted by atomic mass is 16.5. The number of benzene rings is 1. The number of amides is 1.